The van der Waals surface area contributed by atoms with Gasteiger partial charge < -0.3 is 25.4 Å². The molecule has 5 rings (SSSR count). The van der Waals surface area contributed by atoms with Crippen LogP contribution in [-0.4, -0.2) is 65.0 Å². The van der Waals surface area contributed by atoms with Gasteiger partial charge in [-0.25, -0.2) is 14.4 Å². The summed E-state index contributed by atoms with van der Waals surface area (Å²) < 4.78 is 20.6. The third-order valence-electron chi connectivity index (χ3n) is 7.27. The zero-order valence-electron chi connectivity index (χ0n) is 20.4. The molecule has 8 nitrogen and oxygen atoms in total. The van der Waals surface area contributed by atoms with E-state index in [1.807, 2.05) is 19.2 Å². The molecule has 3 heterocycles. The van der Waals surface area contributed by atoms with Gasteiger partial charge in [0.1, 0.15) is 24.1 Å². The molecule has 0 saturated carbocycles. The Hall–Kier alpha value is -2.72. The molecule has 1 unspecified atom stereocenters. The number of likely N-dealkylation sites (tertiary alicyclic amines) is 1. The van der Waals surface area contributed by atoms with E-state index in [2.05, 4.69) is 30.8 Å². The number of hydrogen-bond donors (Lipinski definition) is 4. The molecule has 3 aromatic rings. The van der Waals surface area contributed by atoms with E-state index in [0.29, 0.717) is 23.7 Å². The topological polar surface area (TPSA) is 94.6 Å². The predicted octanol–water partition coefficient (Wildman–Crippen LogP) is 4.51. The summed E-state index contributed by atoms with van der Waals surface area (Å²) in [4.78, 5) is 11.2. The van der Waals surface area contributed by atoms with Crippen LogP contribution in [0.15, 0.2) is 36.7 Å². The molecule has 0 radical (unpaired) electrons. The van der Waals surface area contributed by atoms with E-state index in [-0.39, 0.29) is 22.5 Å². The van der Waals surface area contributed by atoms with Gasteiger partial charge in [0, 0.05) is 24.5 Å². The van der Waals surface area contributed by atoms with Crippen LogP contribution < -0.4 is 20.7 Å². The van der Waals surface area contributed by atoms with Crippen molar-refractivity contribution in [2.45, 2.75) is 43.9 Å². The molecule has 2 aliphatic rings. The van der Waals surface area contributed by atoms with Gasteiger partial charge in [0.2, 0.25) is 0 Å². The standard InChI is InChI=1S/C26H32ClFN6O2/c1-29-21-15-20-17(25(31-16-30-20)32-19-5-2-4-18(27)24(19)28)14-22(21)36-13-3-10-34-11-8-26(9-12-34)7-6-23(35)33-26/h2,4-5,14-16,23,29,33,35H,3,6-13H2,1H3,(H,30,31,32). The summed E-state index contributed by atoms with van der Waals surface area (Å²) in [6.45, 7) is 3.59. The number of nitrogens with one attached hydrogen (secondary N) is 3. The summed E-state index contributed by atoms with van der Waals surface area (Å²) in [5, 5.41) is 20.2. The number of aromatic nitrogens is 2. The van der Waals surface area contributed by atoms with Crippen molar-refractivity contribution >= 4 is 39.7 Å². The molecule has 192 valence electrons. The van der Waals surface area contributed by atoms with Crippen LogP contribution >= 0.6 is 11.6 Å². The minimum atomic E-state index is -0.530. The van der Waals surface area contributed by atoms with Crippen LogP contribution in [0, 0.1) is 5.82 Å². The quantitative estimate of drug-likeness (QED) is 0.326. The normalized spacial score (nSPS) is 19.6. The first-order valence-electron chi connectivity index (χ1n) is 12.4. The lowest BCUT2D eigenvalue weighted by molar-refractivity contribution is 0.100. The second-order valence-electron chi connectivity index (χ2n) is 9.59. The highest BCUT2D eigenvalue weighted by Gasteiger charge is 2.39. The number of hydrogen-bond acceptors (Lipinski definition) is 8. The van der Waals surface area contributed by atoms with Crippen molar-refractivity contribution in [3.8, 4) is 5.75 Å². The number of aliphatic hydroxyl groups is 1. The molecule has 1 spiro atoms. The van der Waals surface area contributed by atoms with Crippen molar-refractivity contribution in [1.82, 2.24) is 20.2 Å². The third-order valence-corrected chi connectivity index (χ3v) is 7.56. The number of benzene rings is 2. The van der Waals surface area contributed by atoms with Gasteiger partial charge in [0.25, 0.3) is 0 Å². The van der Waals surface area contributed by atoms with Gasteiger partial charge in [-0.05, 0) is 69.5 Å². The lowest BCUT2D eigenvalue weighted by Crippen LogP contribution is -2.51. The molecule has 0 aliphatic carbocycles. The Morgan fingerprint density at radius 1 is 1.22 bits per heavy atom. The van der Waals surface area contributed by atoms with Crippen molar-refractivity contribution in [3.05, 3.63) is 47.5 Å². The average molecular weight is 515 g/mol. The third kappa shape index (κ3) is 5.34. The van der Waals surface area contributed by atoms with Crippen LogP contribution in [0.2, 0.25) is 5.02 Å². The van der Waals surface area contributed by atoms with Gasteiger partial charge in [0.05, 0.1) is 28.5 Å². The van der Waals surface area contributed by atoms with E-state index >= 15 is 0 Å². The summed E-state index contributed by atoms with van der Waals surface area (Å²) >= 11 is 5.93. The Morgan fingerprint density at radius 2 is 2.06 bits per heavy atom. The van der Waals surface area contributed by atoms with Crippen molar-refractivity contribution in [2.24, 2.45) is 0 Å². The van der Waals surface area contributed by atoms with Crippen LogP contribution in [0.25, 0.3) is 10.9 Å². The number of ether oxygens (including phenoxy) is 1. The zero-order chi connectivity index (χ0) is 25.1. The van der Waals surface area contributed by atoms with Gasteiger partial charge in [-0.2, -0.15) is 0 Å². The molecular formula is C26H32ClFN6O2. The summed E-state index contributed by atoms with van der Waals surface area (Å²) in [5.41, 5.74) is 1.90. The predicted molar refractivity (Wildman–Crippen MR) is 141 cm³/mol. The second-order valence-corrected chi connectivity index (χ2v) is 9.99. The maximum Gasteiger partial charge on any atom is 0.165 e. The van der Waals surface area contributed by atoms with E-state index < -0.39 is 5.82 Å². The molecule has 0 amide bonds. The molecule has 10 heteroatoms. The molecular weight excluding hydrogens is 483 g/mol. The summed E-state index contributed by atoms with van der Waals surface area (Å²) in [6.07, 6.45) is 6.05. The van der Waals surface area contributed by atoms with Crippen LogP contribution in [0.5, 0.6) is 5.75 Å². The minimum Gasteiger partial charge on any atom is -0.491 e. The first kappa shape index (κ1) is 25.0. The van der Waals surface area contributed by atoms with Crippen molar-refractivity contribution in [2.75, 3.05) is 43.9 Å². The highest BCUT2D eigenvalue weighted by atomic mass is 35.5. The number of rotatable bonds is 8. The van der Waals surface area contributed by atoms with Crippen LogP contribution in [-0.2, 0) is 0 Å². The highest BCUT2D eigenvalue weighted by Crippen LogP contribution is 2.35. The van der Waals surface area contributed by atoms with Gasteiger partial charge >= 0.3 is 0 Å². The fraction of sp³-hybridized carbons (Fsp3) is 0.462. The number of nitrogens with zero attached hydrogens (tertiary/aromatic N) is 3. The fourth-order valence-electron chi connectivity index (χ4n) is 5.21. The largest absolute Gasteiger partial charge is 0.491 e. The average Bonchev–Trinajstić information content (AvgIpc) is 3.25. The zero-order valence-corrected chi connectivity index (χ0v) is 21.1. The monoisotopic (exact) mass is 514 g/mol. The van der Waals surface area contributed by atoms with E-state index in [1.165, 1.54) is 12.4 Å². The molecule has 2 fully saturated rings. The Balaban J connectivity index is 1.23. The lowest BCUT2D eigenvalue weighted by Gasteiger charge is -2.39. The smallest absolute Gasteiger partial charge is 0.165 e. The molecule has 36 heavy (non-hydrogen) atoms. The number of aliphatic hydroxyl groups excluding tert-OH is 1. The number of halogens is 2. The molecule has 1 atom stereocenters. The van der Waals surface area contributed by atoms with E-state index in [1.54, 1.807) is 12.1 Å². The van der Waals surface area contributed by atoms with E-state index in [9.17, 15) is 9.50 Å². The van der Waals surface area contributed by atoms with Gasteiger partial charge in [0.15, 0.2) is 5.82 Å². The Morgan fingerprint density at radius 3 is 2.81 bits per heavy atom. The van der Waals surface area contributed by atoms with Crippen LogP contribution in [0.4, 0.5) is 21.6 Å². The number of fused-ring (bicyclic) bond motifs is 1. The van der Waals surface area contributed by atoms with Gasteiger partial charge in [-0.15, -0.1) is 0 Å². The fourth-order valence-corrected chi connectivity index (χ4v) is 5.38. The SMILES string of the molecule is CNc1cc2ncnc(Nc3cccc(Cl)c3F)c2cc1OCCCN1CCC2(CCC(O)N2)CC1. The summed E-state index contributed by atoms with van der Waals surface area (Å²) in [7, 11) is 1.84. The Kier molecular flexibility index (Phi) is 7.43. The van der Waals surface area contributed by atoms with Crippen molar-refractivity contribution in [1.29, 1.82) is 0 Å². The number of piperidine rings is 1. The first-order valence-corrected chi connectivity index (χ1v) is 12.8. The molecule has 1 aromatic heterocycles. The maximum atomic E-state index is 14.5. The molecule has 2 aliphatic heterocycles. The molecule has 0 bridgehead atoms. The van der Waals surface area contributed by atoms with Crippen LogP contribution in [0.1, 0.15) is 32.1 Å². The highest BCUT2D eigenvalue weighted by molar-refractivity contribution is 6.31. The number of anilines is 3. The molecule has 2 saturated heterocycles. The minimum absolute atomic E-state index is 0.0424. The Labute approximate surface area is 215 Å². The van der Waals surface area contributed by atoms with Crippen molar-refractivity contribution < 1.29 is 14.2 Å². The maximum absolute atomic E-state index is 14.5. The summed E-state index contributed by atoms with van der Waals surface area (Å²) in [6, 6.07) is 8.58. The Bertz CT molecular complexity index is 1220. The second kappa shape index (κ2) is 10.7. The van der Waals surface area contributed by atoms with Gasteiger partial charge in [-0.1, -0.05) is 17.7 Å². The molecule has 2 aromatic carbocycles. The molecule has 4 N–H and O–H groups in total. The van der Waals surface area contributed by atoms with Gasteiger partial charge in [-0.3, -0.25) is 5.32 Å². The van der Waals surface area contributed by atoms with E-state index in [0.717, 1.165) is 62.8 Å². The van der Waals surface area contributed by atoms with Crippen molar-refractivity contribution in [3.63, 3.8) is 0 Å². The van der Waals surface area contributed by atoms with E-state index in [4.69, 9.17) is 16.3 Å². The first-order chi connectivity index (χ1) is 17.5. The lowest BCUT2D eigenvalue weighted by atomic mass is 9.86. The summed E-state index contributed by atoms with van der Waals surface area (Å²) in [5.74, 6) is 0.635. The van der Waals surface area contributed by atoms with Crippen LogP contribution in [0.3, 0.4) is 0 Å².